The van der Waals surface area contributed by atoms with Crippen molar-refractivity contribution in [2.24, 2.45) is 0 Å². The molecule has 0 saturated carbocycles. The van der Waals surface area contributed by atoms with Gasteiger partial charge >= 0.3 is 0 Å². The molecule has 3 N–H and O–H groups in total. The van der Waals surface area contributed by atoms with Gasteiger partial charge in [-0.3, -0.25) is 0 Å². The van der Waals surface area contributed by atoms with E-state index in [-0.39, 0.29) is 5.95 Å². The molecule has 0 amide bonds. The quantitative estimate of drug-likeness (QED) is 0.656. The Morgan fingerprint density at radius 3 is 2.90 bits per heavy atom. The fourth-order valence-corrected chi connectivity index (χ4v) is 2.70. The van der Waals surface area contributed by atoms with Crippen LogP contribution in [0.25, 0.3) is 0 Å². The van der Waals surface area contributed by atoms with Gasteiger partial charge < -0.3 is 15.8 Å². The first-order valence-corrected chi connectivity index (χ1v) is 7.37. The van der Waals surface area contributed by atoms with Gasteiger partial charge in [-0.15, -0.1) is 0 Å². The van der Waals surface area contributed by atoms with Gasteiger partial charge in [-0.05, 0) is 42.5 Å². The molecule has 21 heavy (non-hydrogen) atoms. The maximum absolute atomic E-state index is 5.81. The molecule has 2 aromatic rings. The van der Waals surface area contributed by atoms with Crippen LogP contribution in [0.5, 0.6) is 5.75 Å². The van der Waals surface area contributed by atoms with Crippen LogP contribution in [-0.2, 0) is 12.8 Å². The Kier molecular flexibility index (Phi) is 4.10. The highest BCUT2D eigenvalue weighted by Gasteiger charge is 2.11. The van der Waals surface area contributed by atoms with Crippen molar-refractivity contribution < 1.29 is 4.74 Å². The molecule has 0 radical (unpaired) electrons. The minimum Gasteiger partial charge on any atom is -0.492 e. The summed E-state index contributed by atoms with van der Waals surface area (Å²) >= 11 is 5.81. The van der Waals surface area contributed by atoms with E-state index in [9.17, 15) is 0 Å². The Hall–Kier alpha value is -2.01. The summed E-state index contributed by atoms with van der Waals surface area (Å²) in [5, 5.41) is 3.43. The first-order valence-electron chi connectivity index (χ1n) is 6.99. The van der Waals surface area contributed by atoms with Crippen LogP contribution < -0.4 is 15.8 Å². The number of nitrogens with two attached hydrogens (primary N) is 1. The molecule has 0 aliphatic heterocycles. The smallest absolute Gasteiger partial charge is 0.223 e. The second-order valence-corrected chi connectivity index (χ2v) is 5.38. The Morgan fingerprint density at radius 2 is 2.05 bits per heavy atom. The lowest BCUT2D eigenvalue weighted by Gasteiger charge is -2.09. The summed E-state index contributed by atoms with van der Waals surface area (Å²) in [6.07, 6.45) is 3.59. The highest BCUT2D eigenvalue weighted by molar-refractivity contribution is 6.29. The fraction of sp³-hybridized carbons (Fsp3) is 0.333. The third-order valence-electron chi connectivity index (χ3n) is 3.46. The summed E-state index contributed by atoms with van der Waals surface area (Å²) in [6, 6.07) is 7.97. The van der Waals surface area contributed by atoms with Crippen LogP contribution >= 0.6 is 11.6 Å². The van der Waals surface area contributed by atoms with Crippen molar-refractivity contribution in [2.45, 2.75) is 19.3 Å². The molecule has 1 aromatic heterocycles. The molecule has 5 nitrogen and oxygen atoms in total. The van der Waals surface area contributed by atoms with Crippen molar-refractivity contribution in [2.75, 3.05) is 24.2 Å². The summed E-state index contributed by atoms with van der Waals surface area (Å²) in [7, 11) is 0. The van der Waals surface area contributed by atoms with Gasteiger partial charge in [0.1, 0.15) is 23.3 Å². The minimum absolute atomic E-state index is 0.157. The number of aromatic nitrogens is 2. The Balaban J connectivity index is 1.50. The fourth-order valence-electron chi connectivity index (χ4n) is 2.51. The minimum atomic E-state index is 0.157. The molecular weight excluding hydrogens is 288 g/mol. The molecule has 110 valence electrons. The molecule has 0 fully saturated rings. The maximum atomic E-state index is 5.81. The van der Waals surface area contributed by atoms with Gasteiger partial charge in [0.2, 0.25) is 5.95 Å². The standard InChI is InChI=1S/C15H17ClN4O/c16-13-9-14(20-15(17)19-13)18-6-7-21-12-5-4-10-2-1-3-11(10)8-12/h4-5,8-9H,1-3,6-7H2,(H3,17,18,19,20). The number of ether oxygens (including phenoxy) is 1. The third-order valence-corrected chi connectivity index (χ3v) is 3.65. The highest BCUT2D eigenvalue weighted by atomic mass is 35.5. The number of nitrogens with zero attached hydrogens (tertiary/aromatic N) is 2. The molecule has 1 heterocycles. The van der Waals surface area contributed by atoms with Crippen LogP contribution in [0.15, 0.2) is 24.3 Å². The van der Waals surface area contributed by atoms with Crippen molar-refractivity contribution in [3.63, 3.8) is 0 Å². The van der Waals surface area contributed by atoms with Gasteiger partial charge in [-0.2, -0.15) is 4.98 Å². The summed E-state index contributed by atoms with van der Waals surface area (Å²) in [4.78, 5) is 7.85. The summed E-state index contributed by atoms with van der Waals surface area (Å²) in [6.45, 7) is 1.16. The molecule has 0 saturated heterocycles. The Morgan fingerprint density at radius 1 is 1.19 bits per heavy atom. The maximum Gasteiger partial charge on any atom is 0.223 e. The van der Waals surface area contributed by atoms with Crippen LogP contribution in [0, 0.1) is 0 Å². The molecular formula is C15H17ClN4O. The van der Waals surface area contributed by atoms with Crippen LogP contribution in [0.1, 0.15) is 17.5 Å². The van der Waals surface area contributed by atoms with Gasteiger partial charge in [0, 0.05) is 6.07 Å². The van der Waals surface area contributed by atoms with Crippen LogP contribution in [-0.4, -0.2) is 23.1 Å². The SMILES string of the molecule is Nc1nc(Cl)cc(NCCOc2ccc3c(c2)CCC3)n1. The van der Waals surface area contributed by atoms with E-state index in [2.05, 4.69) is 27.4 Å². The predicted octanol–water partition coefficient (Wildman–Crippen LogP) is 2.69. The second kappa shape index (κ2) is 6.18. The molecule has 1 aliphatic carbocycles. The largest absolute Gasteiger partial charge is 0.492 e. The number of anilines is 2. The van der Waals surface area contributed by atoms with Gasteiger partial charge in [-0.1, -0.05) is 17.7 Å². The summed E-state index contributed by atoms with van der Waals surface area (Å²) < 4.78 is 5.74. The number of benzene rings is 1. The van der Waals surface area contributed by atoms with Crippen molar-refractivity contribution >= 4 is 23.4 Å². The number of hydrogen-bond donors (Lipinski definition) is 2. The first-order chi connectivity index (χ1) is 10.2. The van der Waals surface area contributed by atoms with Crippen LogP contribution in [0.3, 0.4) is 0 Å². The number of hydrogen-bond acceptors (Lipinski definition) is 5. The topological polar surface area (TPSA) is 73.1 Å². The molecule has 1 aromatic carbocycles. The lowest BCUT2D eigenvalue weighted by Crippen LogP contribution is -2.13. The van der Waals surface area contributed by atoms with Crippen molar-refractivity contribution in [1.82, 2.24) is 9.97 Å². The molecule has 0 atom stereocenters. The Labute approximate surface area is 128 Å². The number of nitrogens with one attached hydrogen (secondary N) is 1. The van der Waals surface area contributed by atoms with Gasteiger partial charge in [-0.25, -0.2) is 4.98 Å². The van der Waals surface area contributed by atoms with Crippen molar-refractivity contribution in [1.29, 1.82) is 0 Å². The average molecular weight is 305 g/mol. The molecule has 0 spiro atoms. The first kappa shape index (κ1) is 13.9. The zero-order valence-electron chi connectivity index (χ0n) is 11.6. The number of aryl methyl sites for hydroxylation is 2. The molecule has 1 aliphatic rings. The lowest BCUT2D eigenvalue weighted by molar-refractivity contribution is 0.332. The summed E-state index contributed by atoms with van der Waals surface area (Å²) in [5.41, 5.74) is 8.39. The number of rotatable bonds is 5. The zero-order valence-corrected chi connectivity index (χ0v) is 12.4. The predicted molar refractivity (Wildman–Crippen MR) is 83.9 cm³/mol. The molecule has 0 unspecified atom stereocenters. The van der Waals surface area contributed by atoms with E-state index in [4.69, 9.17) is 22.1 Å². The number of fused-ring (bicyclic) bond motifs is 1. The zero-order chi connectivity index (χ0) is 14.7. The number of halogens is 1. The highest BCUT2D eigenvalue weighted by Crippen LogP contribution is 2.25. The van der Waals surface area contributed by atoms with Crippen molar-refractivity contribution in [3.8, 4) is 5.75 Å². The lowest BCUT2D eigenvalue weighted by atomic mass is 10.1. The van der Waals surface area contributed by atoms with Gasteiger partial charge in [0.05, 0.1) is 6.54 Å². The van der Waals surface area contributed by atoms with E-state index in [0.717, 1.165) is 12.2 Å². The van der Waals surface area contributed by atoms with E-state index < -0.39 is 0 Å². The van der Waals surface area contributed by atoms with Gasteiger partial charge in [0.25, 0.3) is 0 Å². The van der Waals surface area contributed by atoms with E-state index in [1.807, 2.05) is 6.07 Å². The molecule has 0 bridgehead atoms. The van der Waals surface area contributed by atoms with E-state index in [1.165, 1.54) is 24.0 Å². The average Bonchev–Trinajstić information content (AvgIpc) is 2.90. The number of nitrogen functional groups attached to an aromatic ring is 1. The monoisotopic (exact) mass is 304 g/mol. The molecule has 3 rings (SSSR count). The van der Waals surface area contributed by atoms with Crippen LogP contribution in [0.4, 0.5) is 11.8 Å². The van der Waals surface area contributed by atoms with E-state index >= 15 is 0 Å². The van der Waals surface area contributed by atoms with E-state index in [1.54, 1.807) is 6.07 Å². The van der Waals surface area contributed by atoms with E-state index in [0.29, 0.717) is 24.1 Å². The Bertz CT molecular complexity index is 627. The molecule has 6 heteroatoms. The van der Waals surface area contributed by atoms with Gasteiger partial charge in [0.15, 0.2) is 0 Å². The normalized spacial score (nSPS) is 13.0. The van der Waals surface area contributed by atoms with Crippen molar-refractivity contribution in [3.05, 3.63) is 40.5 Å². The third kappa shape index (κ3) is 3.55. The second-order valence-electron chi connectivity index (χ2n) is 4.99. The van der Waals surface area contributed by atoms with Crippen LogP contribution in [0.2, 0.25) is 5.15 Å². The summed E-state index contributed by atoms with van der Waals surface area (Å²) in [5.74, 6) is 1.67.